The molecule has 0 aromatic heterocycles. The lowest BCUT2D eigenvalue weighted by atomic mass is 10.2. The number of amides is 1. The lowest BCUT2D eigenvalue weighted by Crippen LogP contribution is -2.35. The third-order valence-electron chi connectivity index (χ3n) is 3.15. The summed E-state index contributed by atoms with van der Waals surface area (Å²) < 4.78 is 11.4. The second kappa shape index (κ2) is 11.1. The van der Waals surface area contributed by atoms with Gasteiger partial charge in [0.2, 0.25) is 0 Å². The van der Waals surface area contributed by atoms with Crippen LogP contribution in [0.15, 0.2) is 36.0 Å². The summed E-state index contributed by atoms with van der Waals surface area (Å²) in [7, 11) is 3.37. The summed E-state index contributed by atoms with van der Waals surface area (Å²) in [6.07, 6.45) is 2.70. The van der Waals surface area contributed by atoms with Crippen molar-refractivity contribution in [1.29, 1.82) is 0 Å². The van der Waals surface area contributed by atoms with Crippen LogP contribution >= 0.6 is 12.2 Å². The van der Waals surface area contributed by atoms with Crippen molar-refractivity contribution in [2.45, 2.75) is 20.0 Å². The van der Waals surface area contributed by atoms with Crippen LogP contribution in [0.4, 0.5) is 0 Å². The molecule has 7 nitrogen and oxygen atoms in total. The Hall–Kier alpha value is -2.61. The maximum Gasteiger partial charge on any atom is 0.262 e. The van der Waals surface area contributed by atoms with Gasteiger partial charge < -0.3 is 19.7 Å². The van der Waals surface area contributed by atoms with E-state index >= 15 is 0 Å². The van der Waals surface area contributed by atoms with Gasteiger partial charge in [0.1, 0.15) is 0 Å². The number of rotatable bonds is 9. The summed E-state index contributed by atoms with van der Waals surface area (Å²) in [6.45, 7) is 8.22. The zero-order chi connectivity index (χ0) is 19.5. The van der Waals surface area contributed by atoms with Crippen LogP contribution in [0.2, 0.25) is 0 Å². The Morgan fingerprint density at radius 2 is 2.15 bits per heavy atom. The zero-order valence-electron chi connectivity index (χ0n) is 15.6. The van der Waals surface area contributed by atoms with Crippen molar-refractivity contribution in [3.8, 4) is 11.5 Å². The second-order valence-electron chi connectivity index (χ2n) is 5.50. The molecule has 0 aliphatic carbocycles. The number of likely N-dealkylation sites (N-methyl/N-ethyl adjacent to an activating group) is 1. The van der Waals surface area contributed by atoms with Crippen molar-refractivity contribution in [3.05, 3.63) is 36.4 Å². The van der Waals surface area contributed by atoms with Gasteiger partial charge in [-0.2, -0.15) is 5.10 Å². The van der Waals surface area contributed by atoms with E-state index in [9.17, 15) is 4.79 Å². The Labute approximate surface area is 160 Å². The Bertz CT molecular complexity index is 662. The molecule has 0 aliphatic heterocycles. The van der Waals surface area contributed by atoms with Crippen LogP contribution in [0.3, 0.4) is 0 Å². The van der Waals surface area contributed by atoms with Gasteiger partial charge in [0.05, 0.1) is 12.8 Å². The number of hydrogen-bond acceptors (Lipinski definition) is 5. The number of benzene rings is 1. The predicted octanol–water partition coefficient (Wildman–Crippen LogP) is 1.92. The normalized spacial score (nSPS) is 11.5. The molecule has 142 valence electrons. The van der Waals surface area contributed by atoms with Crippen LogP contribution < -0.4 is 20.2 Å². The van der Waals surface area contributed by atoms with E-state index in [1.54, 1.807) is 45.4 Å². The van der Waals surface area contributed by atoms with E-state index in [-0.39, 0.29) is 5.91 Å². The number of nitrogens with zero attached hydrogens (tertiary/aromatic N) is 2. The van der Waals surface area contributed by atoms with E-state index in [1.807, 2.05) is 13.0 Å². The third-order valence-corrected chi connectivity index (χ3v) is 3.38. The number of ether oxygens (including phenoxy) is 2. The van der Waals surface area contributed by atoms with Gasteiger partial charge in [-0.3, -0.25) is 10.2 Å². The number of carbonyl (C=O) groups is 1. The highest BCUT2D eigenvalue weighted by molar-refractivity contribution is 7.80. The van der Waals surface area contributed by atoms with Crippen LogP contribution in [-0.4, -0.2) is 55.5 Å². The molecule has 1 aromatic carbocycles. The molecule has 0 saturated heterocycles. The number of thiocarbonyl (C=S) groups is 1. The first-order valence-electron chi connectivity index (χ1n) is 8.21. The van der Waals surface area contributed by atoms with E-state index in [4.69, 9.17) is 21.7 Å². The molecule has 2 N–H and O–H groups in total. The predicted molar refractivity (Wildman–Crippen MR) is 108 cm³/mol. The summed E-state index contributed by atoms with van der Waals surface area (Å²) in [5.74, 6) is 0.924. The van der Waals surface area contributed by atoms with E-state index in [0.29, 0.717) is 29.8 Å². The molecule has 0 fully saturated rings. The molecule has 26 heavy (non-hydrogen) atoms. The molecule has 0 bridgehead atoms. The molecule has 0 radical (unpaired) electrons. The number of hydrogen-bond donors (Lipinski definition) is 2. The van der Waals surface area contributed by atoms with Crippen LogP contribution in [0.25, 0.3) is 0 Å². The minimum atomic E-state index is -0.612. The lowest BCUT2D eigenvalue weighted by Gasteiger charge is -2.20. The van der Waals surface area contributed by atoms with Crippen LogP contribution in [0.5, 0.6) is 11.5 Å². The lowest BCUT2D eigenvalue weighted by molar-refractivity contribution is -0.135. The fourth-order valence-electron chi connectivity index (χ4n) is 1.94. The SMILES string of the molecule is C=CCNC(=S)N/N=C\c1ccc(O[C@@H](C)C(=O)N(C)C)c(OCC)c1. The fourth-order valence-corrected chi connectivity index (χ4v) is 2.08. The highest BCUT2D eigenvalue weighted by atomic mass is 32.1. The maximum absolute atomic E-state index is 12.0. The molecular formula is C18H26N4O3S. The maximum atomic E-state index is 12.0. The molecule has 1 rings (SSSR count). The molecule has 1 amide bonds. The van der Waals surface area contributed by atoms with Crippen molar-refractivity contribution in [1.82, 2.24) is 15.6 Å². The second-order valence-corrected chi connectivity index (χ2v) is 5.91. The van der Waals surface area contributed by atoms with Crippen LogP contribution in [0.1, 0.15) is 19.4 Å². The van der Waals surface area contributed by atoms with Gasteiger partial charge in [-0.15, -0.1) is 6.58 Å². The van der Waals surface area contributed by atoms with Gasteiger partial charge in [-0.05, 0) is 49.8 Å². The molecule has 0 unspecified atom stereocenters. The molecule has 0 aliphatic rings. The Morgan fingerprint density at radius 3 is 2.77 bits per heavy atom. The monoisotopic (exact) mass is 378 g/mol. The number of nitrogens with one attached hydrogen (secondary N) is 2. The van der Waals surface area contributed by atoms with Gasteiger partial charge >= 0.3 is 0 Å². The highest BCUT2D eigenvalue weighted by Gasteiger charge is 2.18. The molecule has 0 heterocycles. The van der Waals surface area contributed by atoms with E-state index in [1.165, 1.54) is 4.90 Å². The first-order chi connectivity index (χ1) is 12.4. The minimum Gasteiger partial charge on any atom is -0.490 e. The summed E-state index contributed by atoms with van der Waals surface area (Å²) in [5, 5.41) is 7.38. The van der Waals surface area contributed by atoms with Gasteiger partial charge in [0.15, 0.2) is 22.7 Å². The number of hydrazone groups is 1. The van der Waals surface area contributed by atoms with Crippen molar-refractivity contribution in [2.24, 2.45) is 5.10 Å². The van der Waals surface area contributed by atoms with Crippen molar-refractivity contribution >= 4 is 29.5 Å². The Balaban J connectivity index is 2.82. The van der Waals surface area contributed by atoms with E-state index in [0.717, 1.165) is 5.56 Å². The molecule has 0 spiro atoms. The Kier molecular flexibility index (Phi) is 9.14. The molecule has 8 heteroatoms. The van der Waals surface area contributed by atoms with Crippen molar-refractivity contribution in [3.63, 3.8) is 0 Å². The van der Waals surface area contributed by atoms with Crippen molar-refractivity contribution < 1.29 is 14.3 Å². The quantitative estimate of drug-likeness (QED) is 0.296. The van der Waals surface area contributed by atoms with Crippen LogP contribution in [0, 0.1) is 0 Å². The first-order valence-corrected chi connectivity index (χ1v) is 8.62. The standard InChI is InChI=1S/C18H26N4O3S/c1-6-10-19-18(26)21-20-12-14-8-9-15(16(11-14)24-7-2)25-13(3)17(23)22(4)5/h6,8-9,11-13H,1,7,10H2,2-5H3,(H2,19,21,26)/b20-12-/t13-/m0/s1. The van der Waals surface area contributed by atoms with Gasteiger partial charge in [0.25, 0.3) is 5.91 Å². The molecule has 1 atom stereocenters. The fraction of sp³-hybridized carbons (Fsp3) is 0.389. The average molecular weight is 378 g/mol. The zero-order valence-corrected chi connectivity index (χ0v) is 16.4. The average Bonchev–Trinajstić information content (AvgIpc) is 2.61. The van der Waals surface area contributed by atoms with Gasteiger partial charge in [-0.1, -0.05) is 6.08 Å². The molecular weight excluding hydrogens is 352 g/mol. The number of carbonyl (C=O) groups excluding carboxylic acids is 1. The Morgan fingerprint density at radius 1 is 1.42 bits per heavy atom. The third kappa shape index (κ3) is 7.10. The summed E-state index contributed by atoms with van der Waals surface area (Å²) in [5.41, 5.74) is 3.51. The first kappa shape index (κ1) is 21.4. The summed E-state index contributed by atoms with van der Waals surface area (Å²) in [6, 6.07) is 5.35. The van der Waals surface area contributed by atoms with Crippen molar-refractivity contribution in [2.75, 3.05) is 27.2 Å². The minimum absolute atomic E-state index is 0.122. The smallest absolute Gasteiger partial charge is 0.262 e. The van der Waals surface area contributed by atoms with E-state index in [2.05, 4.69) is 22.4 Å². The topological polar surface area (TPSA) is 75.2 Å². The highest BCUT2D eigenvalue weighted by Crippen LogP contribution is 2.29. The van der Waals surface area contributed by atoms with Gasteiger partial charge in [-0.25, -0.2) is 0 Å². The van der Waals surface area contributed by atoms with E-state index < -0.39 is 6.10 Å². The largest absolute Gasteiger partial charge is 0.490 e. The molecule has 1 aromatic rings. The molecule has 0 saturated carbocycles. The van der Waals surface area contributed by atoms with Crippen LogP contribution in [-0.2, 0) is 4.79 Å². The summed E-state index contributed by atoms with van der Waals surface area (Å²) in [4.78, 5) is 13.5. The van der Waals surface area contributed by atoms with Gasteiger partial charge in [0, 0.05) is 20.6 Å². The summed E-state index contributed by atoms with van der Waals surface area (Å²) >= 11 is 5.05.